The molecule has 0 aliphatic rings. The Morgan fingerprint density at radius 2 is 1.83 bits per heavy atom. The summed E-state index contributed by atoms with van der Waals surface area (Å²) in [6.07, 6.45) is -4.25. The molecule has 1 unspecified atom stereocenters. The Hall–Kier alpha value is -2.45. The van der Waals surface area contributed by atoms with E-state index in [2.05, 4.69) is 5.32 Å². The van der Waals surface area contributed by atoms with E-state index in [1.165, 1.54) is 0 Å². The fourth-order valence-electron chi connectivity index (χ4n) is 1.91. The van der Waals surface area contributed by atoms with E-state index >= 15 is 0 Å². The Kier molecular flexibility index (Phi) is 7.34. The van der Waals surface area contributed by atoms with Crippen molar-refractivity contribution in [2.45, 2.75) is 19.5 Å². The fraction of sp³-hybridized carbons (Fsp3) is 0.467. The van der Waals surface area contributed by atoms with Crippen molar-refractivity contribution in [2.75, 3.05) is 19.7 Å². The number of alkyl halides is 3. The number of amides is 3. The fourth-order valence-corrected chi connectivity index (χ4v) is 1.91. The Bertz CT molecular complexity index is 547. The molecule has 0 aliphatic carbocycles. The molecule has 0 aliphatic heterocycles. The highest BCUT2D eigenvalue weighted by Crippen LogP contribution is 2.15. The Labute approximate surface area is 137 Å². The van der Waals surface area contributed by atoms with E-state index in [1.807, 2.05) is 6.92 Å². The monoisotopic (exact) mass is 347 g/mol. The lowest BCUT2D eigenvalue weighted by molar-refractivity contribution is -0.123. The third kappa shape index (κ3) is 7.70. The van der Waals surface area contributed by atoms with E-state index in [0.717, 1.165) is 5.56 Å². The molecular formula is C15H20F3N3O3. The van der Waals surface area contributed by atoms with Crippen LogP contribution in [0.3, 0.4) is 0 Å². The molecule has 1 aromatic rings. The molecular weight excluding hydrogens is 327 g/mol. The average Bonchev–Trinajstić information content (AvgIpc) is 2.50. The van der Waals surface area contributed by atoms with Crippen molar-refractivity contribution in [1.82, 2.24) is 10.6 Å². The predicted molar refractivity (Wildman–Crippen MR) is 81.5 cm³/mol. The molecule has 0 spiro atoms. The summed E-state index contributed by atoms with van der Waals surface area (Å²) in [7, 11) is 0. The van der Waals surface area contributed by atoms with Crippen LogP contribution in [0.5, 0.6) is 5.75 Å². The normalized spacial score (nSPS) is 12.3. The molecule has 0 saturated heterocycles. The van der Waals surface area contributed by atoms with Gasteiger partial charge in [0.15, 0.2) is 0 Å². The standard InChI is InChI=1S/C15H20F3N3O3/c1-2-24-12-5-3-10(4-6-12)7-11(13(19)22)8-20-14(23)21-9-15(16,17)18/h3-6,11H,2,7-9H2,1H3,(H2,19,22)(H2,20,21,23). The zero-order chi connectivity index (χ0) is 18.2. The van der Waals surface area contributed by atoms with E-state index in [9.17, 15) is 22.8 Å². The number of hydrogen-bond acceptors (Lipinski definition) is 3. The molecule has 0 aromatic heterocycles. The van der Waals surface area contributed by atoms with Gasteiger partial charge in [-0.3, -0.25) is 4.79 Å². The number of nitrogens with two attached hydrogens (primary N) is 1. The highest BCUT2D eigenvalue weighted by Gasteiger charge is 2.28. The highest BCUT2D eigenvalue weighted by atomic mass is 19.4. The van der Waals surface area contributed by atoms with Gasteiger partial charge in [-0.05, 0) is 31.0 Å². The van der Waals surface area contributed by atoms with Crippen LogP contribution in [0.25, 0.3) is 0 Å². The van der Waals surface area contributed by atoms with Crippen LogP contribution in [-0.2, 0) is 11.2 Å². The number of rotatable bonds is 8. The van der Waals surface area contributed by atoms with Crippen LogP contribution in [0.1, 0.15) is 12.5 Å². The molecule has 0 radical (unpaired) electrons. The van der Waals surface area contributed by atoms with Crippen molar-refractivity contribution in [1.29, 1.82) is 0 Å². The number of carbonyl (C=O) groups excluding carboxylic acids is 2. The number of halogens is 3. The molecule has 6 nitrogen and oxygen atoms in total. The first-order valence-electron chi connectivity index (χ1n) is 7.30. The van der Waals surface area contributed by atoms with Crippen LogP contribution in [-0.4, -0.2) is 37.8 Å². The largest absolute Gasteiger partial charge is 0.494 e. The van der Waals surface area contributed by atoms with Crippen LogP contribution in [0.4, 0.5) is 18.0 Å². The van der Waals surface area contributed by atoms with Crippen LogP contribution >= 0.6 is 0 Å². The summed E-state index contributed by atoms with van der Waals surface area (Å²) in [6.45, 7) is 0.776. The third-order valence-electron chi connectivity index (χ3n) is 3.08. The van der Waals surface area contributed by atoms with Crippen molar-refractivity contribution in [3.05, 3.63) is 29.8 Å². The van der Waals surface area contributed by atoms with Gasteiger partial charge in [0.2, 0.25) is 5.91 Å². The van der Waals surface area contributed by atoms with E-state index < -0.39 is 30.6 Å². The third-order valence-corrected chi connectivity index (χ3v) is 3.08. The summed E-state index contributed by atoms with van der Waals surface area (Å²) in [5, 5.41) is 3.87. The van der Waals surface area contributed by atoms with Gasteiger partial charge in [0.25, 0.3) is 0 Å². The van der Waals surface area contributed by atoms with Crippen molar-refractivity contribution in [3.63, 3.8) is 0 Å². The van der Waals surface area contributed by atoms with Gasteiger partial charge in [-0.15, -0.1) is 0 Å². The minimum absolute atomic E-state index is 0.160. The molecule has 24 heavy (non-hydrogen) atoms. The maximum atomic E-state index is 12.0. The number of benzene rings is 1. The Morgan fingerprint density at radius 3 is 2.33 bits per heavy atom. The molecule has 0 heterocycles. The maximum Gasteiger partial charge on any atom is 0.405 e. The van der Waals surface area contributed by atoms with E-state index in [4.69, 9.17) is 10.5 Å². The van der Waals surface area contributed by atoms with E-state index in [0.29, 0.717) is 12.4 Å². The number of hydrogen-bond donors (Lipinski definition) is 3. The van der Waals surface area contributed by atoms with Crippen LogP contribution in [0.15, 0.2) is 24.3 Å². The highest BCUT2D eigenvalue weighted by molar-refractivity contribution is 5.79. The SMILES string of the molecule is CCOc1ccc(CC(CNC(=O)NCC(F)(F)F)C(N)=O)cc1. The molecule has 0 bridgehead atoms. The lowest BCUT2D eigenvalue weighted by Crippen LogP contribution is -2.44. The Morgan fingerprint density at radius 1 is 1.21 bits per heavy atom. The molecule has 9 heteroatoms. The first-order chi connectivity index (χ1) is 11.2. The minimum Gasteiger partial charge on any atom is -0.494 e. The molecule has 0 saturated carbocycles. The molecule has 134 valence electrons. The van der Waals surface area contributed by atoms with Gasteiger partial charge in [0, 0.05) is 6.54 Å². The maximum absolute atomic E-state index is 12.0. The van der Waals surface area contributed by atoms with Crippen LogP contribution in [0, 0.1) is 5.92 Å². The van der Waals surface area contributed by atoms with E-state index in [-0.39, 0.29) is 13.0 Å². The zero-order valence-corrected chi connectivity index (χ0v) is 13.2. The van der Waals surface area contributed by atoms with Gasteiger partial charge in [-0.1, -0.05) is 12.1 Å². The van der Waals surface area contributed by atoms with Gasteiger partial charge in [0.1, 0.15) is 12.3 Å². The summed E-state index contributed by atoms with van der Waals surface area (Å²) < 4.78 is 41.3. The Balaban J connectivity index is 2.52. The quantitative estimate of drug-likeness (QED) is 0.667. The molecule has 0 fully saturated rings. The summed E-state index contributed by atoms with van der Waals surface area (Å²) >= 11 is 0. The summed E-state index contributed by atoms with van der Waals surface area (Å²) in [4.78, 5) is 22.7. The number of carbonyl (C=O) groups is 2. The first kappa shape index (κ1) is 19.6. The van der Waals surface area contributed by atoms with Crippen molar-refractivity contribution < 1.29 is 27.5 Å². The smallest absolute Gasteiger partial charge is 0.405 e. The molecule has 1 atom stereocenters. The summed E-state index contributed by atoms with van der Waals surface area (Å²) in [5.74, 6) is -0.707. The summed E-state index contributed by atoms with van der Waals surface area (Å²) in [5.41, 5.74) is 6.07. The number of urea groups is 1. The predicted octanol–water partition coefficient (Wildman–Crippen LogP) is 1.59. The topological polar surface area (TPSA) is 93.4 Å². The average molecular weight is 347 g/mol. The number of primary amides is 1. The summed E-state index contributed by atoms with van der Waals surface area (Å²) in [6, 6.07) is 5.97. The second-order valence-corrected chi connectivity index (χ2v) is 5.06. The molecule has 1 rings (SSSR count). The van der Waals surface area contributed by atoms with Crippen LogP contribution < -0.4 is 21.1 Å². The minimum atomic E-state index is -4.50. The second kappa shape index (κ2) is 8.99. The molecule has 1 aromatic carbocycles. The lowest BCUT2D eigenvalue weighted by Gasteiger charge is -2.15. The van der Waals surface area contributed by atoms with Crippen molar-refractivity contribution in [3.8, 4) is 5.75 Å². The molecule has 4 N–H and O–H groups in total. The number of nitrogens with one attached hydrogen (secondary N) is 2. The van der Waals surface area contributed by atoms with Crippen molar-refractivity contribution >= 4 is 11.9 Å². The number of ether oxygens (including phenoxy) is 1. The first-order valence-corrected chi connectivity index (χ1v) is 7.30. The second-order valence-electron chi connectivity index (χ2n) is 5.06. The van der Waals surface area contributed by atoms with Gasteiger partial charge in [0.05, 0.1) is 12.5 Å². The lowest BCUT2D eigenvalue weighted by atomic mass is 9.98. The van der Waals surface area contributed by atoms with Gasteiger partial charge in [-0.2, -0.15) is 13.2 Å². The van der Waals surface area contributed by atoms with Gasteiger partial charge < -0.3 is 21.1 Å². The van der Waals surface area contributed by atoms with E-state index in [1.54, 1.807) is 29.6 Å². The van der Waals surface area contributed by atoms with Crippen molar-refractivity contribution in [2.24, 2.45) is 11.7 Å². The van der Waals surface area contributed by atoms with Gasteiger partial charge in [-0.25, -0.2) is 4.79 Å². The zero-order valence-electron chi connectivity index (χ0n) is 13.2. The molecule has 3 amide bonds. The van der Waals surface area contributed by atoms with Crippen LogP contribution in [0.2, 0.25) is 0 Å². The van der Waals surface area contributed by atoms with Gasteiger partial charge >= 0.3 is 12.2 Å².